The summed E-state index contributed by atoms with van der Waals surface area (Å²) in [5.74, 6) is -0.00878. The van der Waals surface area contributed by atoms with E-state index in [4.69, 9.17) is 14.2 Å². The predicted octanol–water partition coefficient (Wildman–Crippen LogP) is 4.97. The van der Waals surface area contributed by atoms with Crippen LogP contribution >= 0.6 is 0 Å². The number of hydrogen-bond donors (Lipinski definition) is 1. The standard InChI is InChI=1S/C28H35NO6/c1-6-33-22-12-10-20(11-13-22)25-24(27(31)28(32)29(25)14-15-34-19(4)5)26(30)21-8-7-9-23(16-21)35-17-18(2)3/h7-13,16,18-19,25,30H,6,14-15,17H2,1-5H3/b26-24-. The first-order valence-electron chi connectivity index (χ1n) is 12.1. The summed E-state index contributed by atoms with van der Waals surface area (Å²) < 4.78 is 17.0. The van der Waals surface area contributed by atoms with Crippen LogP contribution in [0.5, 0.6) is 11.5 Å². The molecule has 0 bridgehead atoms. The molecule has 1 amide bonds. The Hall–Kier alpha value is -3.32. The van der Waals surface area contributed by atoms with Crippen LogP contribution in [0.3, 0.4) is 0 Å². The maximum atomic E-state index is 13.2. The zero-order valence-electron chi connectivity index (χ0n) is 21.1. The molecule has 7 heteroatoms. The lowest BCUT2D eigenvalue weighted by molar-refractivity contribution is -0.140. The summed E-state index contributed by atoms with van der Waals surface area (Å²) in [5.41, 5.74) is 1.16. The smallest absolute Gasteiger partial charge is 0.295 e. The SMILES string of the molecule is CCOc1ccc(C2/C(=C(/O)c3cccc(OCC(C)C)c3)C(=O)C(=O)N2CCOC(C)C)cc1. The second kappa shape index (κ2) is 11.9. The average Bonchev–Trinajstić information content (AvgIpc) is 3.08. The van der Waals surface area contributed by atoms with E-state index in [1.54, 1.807) is 36.4 Å². The summed E-state index contributed by atoms with van der Waals surface area (Å²) >= 11 is 0. The van der Waals surface area contributed by atoms with Crippen molar-refractivity contribution in [2.45, 2.75) is 46.8 Å². The van der Waals surface area contributed by atoms with Gasteiger partial charge in [-0.25, -0.2) is 0 Å². The number of likely N-dealkylation sites (tertiary alicyclic amines) is 1. The fourth-order valence-electron chi connectivity index (χ4n) is 3.91. The molecule has 0 spiro atoms. The Labute approximate surface area is 207 Å². The topological polar surface area (TPSA) is 85.3 Å². The number of hydrogen-bond acceptors (Lipinski definition) is 6. The van der Waals surface area contributed by atoms with Crippen LogP contribution in [0.25, 0.3) is 5.76 Å². The van der Waals surface area contributed by atoms with E-state index >= 15 is 0 Å². The Balaban J connectivity index is 2.03. The van der Waals surface area contributed by atoms with Crippen LogP contribution in [0.2, 0.25) is 0 Å². The maximum Gasteiger partial charge on any atom is 0.295 e. The number of carbonyl (C=O) groups excluding carboxylic acids is 2. The normalized spacial score (nSPS) is 17.5. The summed E-state index contributed by atoms with van der Waals surface area (Å²) in [6.07, 6.45) is -0.00988. The Morgan fingerprint density at radius 1 is 1.00 bits per heavy atom. The molecule has 1 aliphatic heterocycles. The van der Waals surface area contributed by atoms with Gasteiger partial charge in [0.15, 0.2) is 0 Å². The largest absolute Gasteiger partial charge is 0.507 e. The molecule has 1 atom stereocenters. The number of carbonyl (C=O) groups is 2. The van der Waals surface area contributed by atoms with Crippen LogP contribution in [0, 0.1) is 5.92 Å². The van der Waals surface area contributed by atoms with Crippen LogP contribution in [0.1, 0.15) is 51.8 Å². The summed E-state index contributed by atoms with van der Waals surface area (Å²) in [6, 6.07) is 13.4. The van der Waals surface area contributed by atoms with Crippen LogP contribution in [-0.4, -0.2) is 54.2 Å². The maximum absolute atomic E-state index is 13.2. The van der Waals surface area contributed by atoms with Gasteiger partial charge in [0, 0.05) is 12.1 Å². The van der Waals surface area contributed by atoms with Crippen LogP contribution in [0.15, 0.2) is 54.1 Å². The third-order valence-corrected chi connectivity index (χ3v) is 5.52. The molecule has 1 aliphatic rings. The van der Waals surface area contributed by atoms with E-state index in [-0.39, 0.29) is 30.6 Å². The number of benzene rings is 2. The van der Waals surface area contributed by atoms with Gasteiger partial charge in [0.2, 0.25) is 0 Å². The minimum atomic E-state index is -0.748. The van der Waals surface area contributed by atoms with E-state index in [2.05, 4.69) is 0 Å². The number of aliphatic hydroxyl groups excluding tert-OH is 1. The van der Waals surface area contributed by atoms with Crippen LogP contribution in [0.4, 0.5) is 0 Å². The monoisotopic (exact) mass is 481 g/mol. The summed E-state index contributed by atoms with van der Waals surface area (Å²) in [4.78, 5) is 27.7. The lowest BCUT2D eigenvalue weighted by atomic mass is 9.95. The van der Waals surface area contributed by atoms with Gasteiger partial charge in [0.25, 0.3) is 11.7 Å². The molecule has 2 aromatic carbocycles. The number of amides is 1. The lowest BCUT2D eigenvalue weighted by Crippen LogP contribution is -2.33. The first-order chi connectivity index (χ1) is 16.7. The molecule has 1 heterocycles. The molecule has 1 unspecified atom stereocenters. The number of Topliss-reactive ketones (excluding diaryl/α,β-unsaturated/α-hetero) is 1. The second-order valence-electron chi connectivity index (χ2n) is 9.15. The van der Waals surface area contributed by atoms with Crippen LogP contribution < -0.4 is 9.47 Å². The van der Waals surface area contributed by atoms with Gasteiger partial charge in [-0.05, 0) is 56.5 Å². The molecule has 0 aromatic heterocycles. The van der Waals surface area contributed by atoms with Crippen molar-refractivity contribution in [3.8, 4) is 11.5 Å². The first-order valence-corrected chi connectivity index (χ1v) is 12.1. The first kappa shape index (κ1) is 26.3. The van der Waals surface area contributed by atoms with Gasteiger partial charge in [-0.2, -0.15) is 0 Å². The Kier molecular flexibility index (Phi) is 8.93. The zero-order chi connectivity index (χ0) is 25.5. The predicted molar refractivity (Wildman–Crippen MR) is 134 cm³/mol. The third-order valence-electron chi connectivity index (χ3n) is 5.52. The van der Waals surface area contributed by atoms with Gasteiger partial charge in [-0.1, -0.05) is 38.1 Å². The van der Waals surface area contributed by atoms with Crippen molar-refractivity contribution >= 4 is 17.4 Å². The molecule has 0 aliphatic carbocycles. The van der Waals surface area contributed by atoms with Crippen molar-refractivity contribution in [3.63, 3.8) is 0 Å². The Morgan fingerprint density at radius 3 is 2.34 bits per heavy atom. The third kappa shape index (κ3) is 6.42. The van der Waals surface area contributed by atoms with E-state index in [1.165, 1.54) is 4.90 Å². The summed E-state index contributed by atoms with van der Waals surface area (Å²) in [5, 5.41) is 11.3. The quantitative estimate of drug-likeness (QED) is 0.277. The fourth-order valence-corrected chi connectivity index (χ4v) is 3.91. The number of ketones is 1. The van der Waals surface area contributed by atoms with Gasteiger partial charge in [-0.15, -0.1) is 0 Å². The van der Waals surface area contributed by atoms with E-state index in [0.29, 0.717) is 41.8 Å². The molecule has 0 saturated carbocycles. The van der Waals surface area contributed by atoms with Crippen molar-refractivity contribution in [3.05, 3.63) is 65.2 Å². The number of ether oxygens (including phenoxy) is 3. The van der Waals surface area contributed by atoms with Crippen molar-refractivity contribution in [2.24, 2.45) is 5.92 Å². The van der Waals surface area contributed by atoms with Crippen molar-refractivity contribution < 1.29 is 28.9 Å². The Morgan fingerprint density at radius 2 is 1.71 bits per heavy atom. The van der Waals surface area contributed by atoms with E-state index in [9.17, 15) is 14.7 Å². The highest BCUT2D eigenvalue weighted by Crippen LogP contribution is 2.40. The van der Waals surface area contributed by atoms with Crippen molar-refractivity contribution in [1.82, 2.24) is 4.90 Å². The Bertz CT molecular complexity index is 1060. The number of rotatable bonds is 11. The van der Waals surface area contributed by atoms with Gasteiger partial charge in [0.05, 0.1) is 37.5 Å². The van der Waals surface area contributed by atoms with Crippen molar-refractivity contribution in [1.29, 1.82) is 0 Å². The average molecular weight is 482 g/mol. The van der Waals surface area contributed by atoms with E-state index < -0.39 is 17.7 Å². The molecule has 7 nitrogen and oxygen atoms in total. The number of aliphatic hydroxyl groups is 1. The second-order valence-corrected chi connectivity index (χ2v) is 9.15. The minimum Gasteiger partial charge on any atom is -0.507 e. The van der Waals surface area contributed by atoms with Gasteiger partial charge < -0.3 is 24.2 Å². The minimum absolute atomic E-state index is 0.00988. The molecular formula is C28H35NO6. The van der Waals surface area contributed by atoms with Gasteiger partial charge >= 0.3 is 0 Å². The molecule has 35 heavy (non-hydrogen) atoms. The molecule has 3 rings (SSSR count). The number of nitrogens with zero attached hydrogens (tertiary/aromatic N) is 1. The van der Waals surface area contributed by atoms with E-state index in [1.807, 2.05) is 46.8 Å². The summed E-state index contributed by atoms with van der Waals surface area (Å²) in [7, 11) is 0. The molecular weight excluding hydrogens is 446 g/mol. The summed E-state index contributed by atoms with van der Waals surface area (Å²) in [6.45, 7) is 11.4. The van der Waals surface area contributed by atoms with E-state index in [0.717, 1.165) is 0 Å². The lowest BCUT2D eigenvalue weighted by Gasteiger charge is -2.26. The highest BCUT2D eigenvalue weighted by molar-refractivity contribution is 6.46. The fraction of sp³-hybridized carbons (Fsp3) is 0.429. The molecule has 1 fully saturated rings. The molecule has 188 valence electrons. The van der Waals surface area contributed by atoms with Gasteiger partial charge in [-0.3, -0.25) is 9.59 Å². The molecule has 1 N–H and O–H groups in total. The van der Waals surface area contributed by atoms with Gasteiger partial charge in [0.1, 0.15) is 17.3 Å². The van der Waals surface area contributed by atoms with Crippen molar-refractivity contribution in [2.75, 3.05) is 26.4 Å². The molecule has 2 aromatic rings. The highest BCUT2D eigenvalue weighted by atomic mass is 16.5. The highest BCUT2D eigenvalue weighted by Gasteiger charge is 2.46. The molecule has 0 radical (unpaired) electrons. The zero-order valence-corrected chi connectivity index (χ0v) is 21.1. The van der Waals surface area contributed by atoms with Crippen LogP contribution in [-0.2, 0) is 14.3 Å². The molecule has 1 saturated heterocycles.